The first-order valence-corrected chi connectivity index (χ1v) is 10.4. The smallest absolute Gasteiger partial charge is 0.141 e. The second-order valence-electron chi connectivity index (χ2n) is 6.56. The van der Waals surface area contributed by atoms with Crippen LogP contribution in [-0.2, 0) is 0 Å². The molecule has 6 aromatic rings. The fraction of sp³-hybridized carbons (Fsp3) is 0. The summed E-state index contributed by atoms with van der Waals surface area (Å²) in [7, 11) is 0. The molecule has 6 rings (SSSR count). The average Bonchev–Trinajstić information content (AvgIpc) is 3.40. The van der Waals surface area contributed by atoms with Crippen LogP contribution in [0.1, 0.15) is 0 Å². The van der Waals surface area contributed by atoms with Gasteiger partial charge in [-0.3, -0.25) is 4.98 Å². The monoisotopic (exact) mass is 413 g/mol. The minimum Gasteiger partial charge on any atom is -0.506 e. The molecule has 0 fully saturated rings. The topological polar surface area (TPSA) is 84.7 Å². The van der Waals surface area contributed by atoms with Crippen LogP contribution in [0.15, 0.2) is 60.8 Å². The van der Waals surface area contributed by atoms with Crippen LogP contribution < -0.4 is 0 Å². The van der Waals surface area contributed by atoms with E-state index in [9.17, 15) is 5.11 Å². The molecule has 0 saturated heterocycles. The lowest BCUT2D eigenvalue weighted by Crippen LogP contribution is -1.91. The lowest BCUT2D eigenvalue weighted by Gasteiger charge is -2.07. The minimum atomic E-state index is 0.154. The summed E-state index contributed by atoms with van der Waals surface area (Å²) < 4.78 is 10.8. The Bertz CT molecular complexity index is 1540. The Morgan fingerprint density at radius 3 is 2.79 bits per heavy atom. The van der Waals surface area contributed by atoms with Gasteiger partial charge in [-0.05, 0) is 53.4 Å². The third kappa shape index (κ3) is 2.57. The molecule has 0 atom stereocenters. The number of hydrogen-bond donors (Lipinski definition) is 1. The number of pyridine rings is 2. The van der Waals surface area contributed by atoms with Gasteiger partial charge in [-0.15, -0.1) is 5.10 Å². The maximum atomic E-state index is 10.2. The molecule has 0 amide bonds. The van der Waals surface area contributed by atoms with Gasteiger partial charge in [0.1, 0.15) is 16.8 Å². The van der Waals surface area contributed by atoms with Gasteiger partial charge >= 0.3 is 0 Å². The fourth-order valence-electron chi connectivity index (χ4n) is 3.47. The standard InChI is InChI=1S/C21H11N5OS2/c27-15-3-1-2-11-4-6-13(23-19(11)15)21-18-17(8-9-22-21)28-25-20(18)12-5-7-16-14(10-12)24-26-29-16/h1-10,27H. The summed E-state index contributed by atoms with van der Waals surface area (Å²) in [5.41, 5.74) is 4.67. The van der Waals surface area contributed by atoms with Gasteiger partial charge in [0.25, 0.3) is 0 Å². The Morgan fingerprint density at radius 1 is 0.862 bits per heavy atom. The van der Waals surface area contributed by atoms with Crippen LogP contribution in [0.3, 0.4) is 0 Å². The van der Waals surface area contributed by atoms with Crippen molar-refractivity contribution in [3.05, 3.63) is 60.8 Å². The van der Waals surface area contributed by atoms with E-state index < -0.39 is 0 Å². The van der Waals surface area contributed by atoms with E-state index in [1.54, 1.807) is 12.3 Å². The van der Waals surface area contributed by atoms with Gasteiger partial charge in [-0.2, -0.15) is 4.37 Å². The van der Waals surface area contributed by atoms with Crippen LogP contribution >= 0.6 is 23.1 Å². The molecule has 0 spiro atoms. The number of hydrogen-bond acceptors (Lipinski definition) is 8. The summed E-state index contributed by atoms with van der Waals surface area (Å²) in [6, 6.07) is 17.3. The Morgan fingerprint density at radius 2 is 1.83 bits per heavy atom. The van der Waals surface area contributed by atoms with Crippen LogP contribution in [-0.4, -0.2) is 29.0 Å². The van der Waals surface area contributed by atoms with E-state index in [2.05, 4.69) is 14.6 Å². The SMILES string of the molecule is Oc1cccc2ccc(-c3nccc4snc(-c5ccc6snnc6c5)c34)nc12. The first-order valence-electron chi connectivity index (χ1n) is 8.84. The van der Waals surface area contributed by atoms with E-state index in [-0.39, 0.29) is 5.75 Å². The average molecular weight is 413 g/mol. The Balaban J connectivity index is 1.62. The normalized spacial score (nSPS) is 11.6. The Labute approximate surface area is 172 Å². The van der Waals surface area contributed by atoms with Crippen molar-refractivity contribution in [1.29, 1.82) is 0 Å². The number of phenolic OH excluding ortho intramolecular Hbond substituents is 1. The van der Waals surface area contributed by atoms with Gasteiger partial charge in [0.05, 0.1) is 26.5 Å². The highest BCUT2D eigenvalue weighted by Crippen LogP contribution is 2.38. The van der Waals surface area contributed by atoms with Gasteiger partial charge < -0.3 is 5.11 Å². The summed E-state index contributed by atoms with van der Waals surface area (Å²) in [5, 5.41) is 16.2. The summed E-state index contributed by atoms with van der Waals surface area (Å²) in [5.74, 6) is 0.154. The van der Waals surface area contributed by atoms with Crippen molar-refractivity contribution in [3.63, 3.8) is 0 Å². The van der Waals surface area contributed by atoms with Gasteiger partial charge in [0, 0.05) is 22.5 Å². The zero-order valence-electron chi connectivity index (χ0n) is 14.8. The van der Waals surface area contributed by atoms with Crippen molar-refractivity contribution >= 4 is 54.3 Å². The van der Waals surface area contributed by atoms with E-state index in [1.807, 2.05) is 48.5 Å². The summed E-state index contributed by atoms with van der Waals surface area (Å²) >= 11 is 2.81. The zero-order chi connectivity index (χ0) is 19.4. The third-order valence-electron chi connectivity index (χ3n) is 4.85. The molecular formula is C21H11N5OS2. The van der Waals surface area contributed by atoms with E-state index in [0.717, 1.165) is 42.6 Å². The van der Waals surface area contributed by atoms with Crippen LogP contribution in [0.2, 0.25) is 0 Å². The molecule has 0 unspecified atom stereocenters. The molecule has 0 aliphatic carbocycles. The van der Waals surface area contributed by atoms with E-state index in [1.165, 1.54) is 23.1 Å². The molecule has 4 heterocycles. The number of phenols is 1. The van der Waals surface area contributed by atoms with Crippen molar-refractivity contribution in [3.8, 4) is 28.4 Å². The van der Waals surface area contributed by atoms with E-state index in [4.69, 9.17) is 9.36 Å². The molecular weight excluding hydrogens is 402 g/mol. The number of nitrogens with zero attached hydrogens (tertiary/aromatic N) is 5. The molecule has 0 aliphatic heterocycles. The zero-order valence-corrected chi connectivity index (χ0v) is 16.4. The number of para-hydroxylation sites is 1. The van der Waals surface area contributed by atoms with Crippen molar-refractivity contribution in [2.75, 3.05) is 0 Å². The van der Waals surface area contributed by atoms with Gasteiger partial charge in [0.15, 0.2) is 0 Å². The maximum Gasteiger partial charge on any atom is 0.141 e. The molecule has 0 saturated carbocycles. The van der Waals surface area contributed by atoms with E-state index >= 15 is 0 Å². The molecule has 0 radical (unpaired) electrons. The number of fused-ring (bicyclic) bond motifs is 3. The van der Waals surface area contributed by atoms with Crippen molar-refractivity contribution in [1.82, 2.24) is 23.9 Å². The largest absolute Gasteiger partial charge is 0.506 e. The molecule has 6 nitrogen and oxygen atoms in total. The first kappa shape index (κ1) is 16.5. The Kier molecular flexibility index (Phi) is 3.56. The van der Waals surface area contributed by atoms with Crippen molar-refractivity contribution in [2.45, 2.75) is 0 Å². The summed E-state index contributed by atoms with van der Waals surface area (Å²) in [4.78, 5) is 9.32. The number of rotatable bonds is 2. The quantitative estimate of drug-likeness (QED) is 0.415. The molecule has 138 valence electrons. The highest BCUT2D eigenvalue weighted by atomic mass is 32.1. The lowest BCUT2D eigenvalue weighted by molar-refractivity contribution is 0.480. The highest BCUT2D eigenvalue weighted by Gasteiger charge is 2.17. The first-order chi connectivity index (χ1) is 14.3. The van der Waals surface area contributed by atoms with Crippen molar-refractivity contribution < 1.29 is 5.11 Å². The number of aromatic nitrogens is 5. The third-order valence-corrected chi connectivity index (χ3v) is 6.36. The van der Waals surface area contributed by atoms with Gasteiger partial charge in [-0.1, -0.05) is 28.8 Å². The van der Waals surface area contributed by atoms with Crippen molar-refractivity contribution in [2.24, 2.45) is 0 Å². The predicted molar refractivity (Wildman–Crippen MR) is 116 cm³/mol. The maximum absolute atomic E-state index is 10.2. The van der Waals surface area contributed by atoms with E-state index in [0.29, 0.717) is 11.2 Å². The predicted octanol–water partition coefficient (Wildman–Crippen LogP) is 5.28. The Hall–Kier alpha value is -3.49. The lowest BCUT2D eigenvalue weighted by atomic mass is 10.0. The molecule has 8 heteroatoms. The molecule has 29 heavy (non-hydrogen) atoms. The van der Waals surface area contributed by atoms with Crippen LogP contribution in [0.5, 0.6) is 5.75 Å². The summed E-state index contributed by atoms with van der Waals surface area (Å²) in [6.45, 7) is 0. The van der Waals surface area contributed by atoms with Gasteiger partial charge in [0.2, 0.25) is 0 Å². The highest BCUT2D eigenvalue weighted by molar-refractivity contribution is 7.14. The van der Waals surface area contributed by atoms with Gasteiger partial charge in [-0.25, -0.2) is 4.98 Å². The minimum absolute atomic E-state index is 0.154. The molecule has 4 aromatic heterocycles. The molecule has 1 N–H and O–H groups in total. The fourth-order valence-corrected chi connectivity index (χ4v) is 4.80. The van der Waals surface area contributed by atoms with Crippen LogP contribution in [0.4, 0.5) is 0 Å². The number of benzene rings is 2. The molecule has 2 aromatic carbocycles. The molecule has 0 bridgehead atoms. The van der Waals surface area contributed by atoms with Crippen LogP contribution in [0.25, 0.3) is 53.9 Å². The summed E-state index contributed by atoms with van der Waals surface area (Å²) in [6.07, 6.45) is 1.77. The second-order valence-corrected chi connectivity index (χ2v) is 8.16. The van der Waals surface area contributed by atoms with Crippen LogP contribution in [0, 0.1) is 0 Å². The number of aromatic hydroxyl groups is 1. The second kappa shape index (κ2) is 6.26. The molecule has 0 aliphatic rings.